The molecule has 0 bridgehead atoms. The van der Waals surface area contributed by atoms with Crippen LogP contribution in [0.5, 0.6) is 0 Å². The number of rotatable bonds is 4. The summed E-state index contributed by atoms with van der Waals surface area (Å²) in [5.74, 6) is 6.29. The number of hydrogen-bond donors (Lipinski definition) is 3. The first kappa shape index (κ1) is 13.6. The number of piperidine rings is 1. The van der Waals surface area contributed by atoms with Crippen molar-refractivity contribution in [3.8, 4) is 0 Å². The van der Waals surface area contributed by atoms with Crippen LogP contribution in [0.4, 0.5) is 0 Å². The zero-order valence-electron chi connectivity index (χ0n) is 11.5. The summed E-state index contributed by atoms with van der Waals surface area (Å²) in [6.07, 6.45) is 7.44. The first-order valence-electron chi connectivity index (χ1n) is 7.35. The molecule has 2 heterocycles. The van der Waals surface area contributed by atoms with E-state index in [2.05, 4.69) is 27.6 Å². The minimum atomic E-state index is 0.528. The molecular weight excluding hydrogens is 226 g/mol. The van der Waals surface area contributed by atoms with E-state index in [1.807, 2.05) is 0 Å². The molecule has 0 saturated carbocycles. The van der Waals surface area contributed by atoms with Crippen LogP contribution in [0.1, 0.15) is 45.4 Å². The molecule has 4 N–H and O–H groups in total. The second kappa shape index (κ2) is 6.95. The lowest BCUT2D eigenvalue weighted by atomic mass is 9.98. The van der Waals surface area contributed by atoms with Gasteiger partial charge < -0.3 is 10.2 Å². The van der Waals surface area contributed by atoms with Gasteiger partial charge in [-0.25, -0.2) is 5.84 Å². The number of guanidine groups is 1. The van der Waals surface area contributed by atoms with Crippen LogP contribution in [0.15, 0.2) is 4.99 Å². The van der Waals surface area contributed by atoms with Crippen molar-refractivity contribution in [2.75, 3.05) is 19.6 Å². The highest BCUT2D eigenvalue weighted by Gasteiger charge is 2.31. The molecule has 2 aliphatic heterocycles. The summed E-state index contributed by atoms with van der Waals surface area (Å²) in [7, 11) is 0. The fourth-order valence-corrected chi connectivity index (χ4v) is 3.03. The van der Waals surface area contributed by atoms with Gasteiger partial charge in [-0.3, -0.25) is 10.4 Å². The number of nitrogens with one attached hydrogen (secondary N) is 2. The Kier molecular flexibility index (Phi) is 5.26. The molecule has 2 atom stereocenters. The first-order valence-corrected chi connectivity index (χ1v) is 7.35. The third-order valence-corrected chi connectivity index (χ3v) is 4.08. The Morgan fingerprint density at radius 3 is 3.06 bits per heavy atom. The number of nitrogens with zero attached hydrogens (tertiary/aromatic N) is 2. The molecule has 0 aromatic carbocycles. The lowest BCUT2D eigenvalue weighted by molar-refractivity contribution is 0.175. The maximum Gasteiger partial charge on any atom is 0.205 e. The summed E-state index contributed by atoms with van der Waals surface area (Å²) >= 11 is 0. The lowest BCUT2D eigenvalue weighted by Crippen LogP contribution is -2.52. The highest BCUT2D eigenvalue weighted by molar-refractivity contribution is 5.79. The average Bonchev–Trinajstić information content (AvgIpc) is 2.85. The van der Waals surface area contributed by atoms with Gasteiger partial charge in [0.1, 0.15) is 0 Å². The van der Waals surface area contributed by atoms with Gasteiger partial charge in [0.05, 0.1) is 0 Å². The molecular formula is C13H27N5. The van der Waals surface area contributed by atoms with Crippen molar-refractivity contribution >= 4 is 5.96 Å². The SMILES string of the molecule is CCCCN=C(NN)NC1CCN2CCCC2C1. The minimum absolute atomic E-state index is 0.528. The molecule has 0 amide bonds. The van der Waals surface area contributed by atoms with Crippen LogP contribution in [0.25, 0.3) is 0 Å². The zero-order valence-corrected chi connectivity index (χ0v) is 11.5. The Balaban J connectivity index is 1.78. The second-order valence-electron chi connectivity index (χ2n) is 5.43. The van der Waals surface area contributed by atoms with Gasteiger partial charge in [0.25, 0.3) is 0 Å². The van der Waals surface area contributed by atoms with E-state index < -0.39 is 0 Å². The molecule has 0 aliphatic carbocycles. The molecule has 2 saturated heterocycles. The Morgan fingerprint density at radius 1 is 1.39 bits per heavy atom. The van der Waals surface area contributed by atoms with E-state index >= 15 is 0 Å². The van der Waals surface area contributed by atoms with Gasteiger partial charge in [-0.2, -0.15) is 0 Å². The van der Waals surface area contributed by atoms with Crippen LogP contribution in [0, 0.1) is 0 Å². The summed E-state index contributed by atoms with van der Waals surface area (Å²) in [6.45, 7) is 5.54. The number of fused-ring (bicyclic) bond motifs is 1. The summed E-state index contributed by atoms with van der Waals surface area (Å²) in [5.41, 5.74) is 2.69. The highest BCUT2D eigenvalue weighted by Crippen LogP contribution is 2.26. The summed E-state index contributed by atoms with van der Waals surface area (Å²) < 4.78 is 0. The predicted octanol–water partition coefficient (Wildman–Crippen LogP) is 0.822. The van der Waals surface area contributed by atoms with Crippen LogP contribution in [-0.4, -0.2) is 42.6 Å². The minimum Gasteiger partial charge on any atom is -0.352 e. The molecule has 2 aliphatic rings. The quantitative estimate of drug-likeness (QED) is 0.228. The lowest BCUT2D eigenvalue weighted by Gasteiger charge is -2.35. The largest absolute Gasteiger partial charge is 0.352 e. The Bertz CT molecular complexity index is 279. The number of hydrazine groups is 1. The topological polar surface area (TPSA) is 65.7 Å². The molecule has 0 aromatic heterocycles. The molecule has 5 nitrogen and oxygen atoms in total. The fourth-order valence-electron chi connectivity index (χ4n) is 3.03. The maximum atomic E-state index is 5.53. The molecule has 2 unspecified atom stereocenters. The zero-order chi connectivity index (χ0) is 12.8. The van der Waals surface area contributed by atoms with E-state index in [-0.39, 0.29) is 0 Å². The third kappa shape index (κ3) is 3.59. The number of nitrogens with two attached hydrogens (primary N) is 1. The van der Waals surface area contributed by atoms with E-state index in [4.69, 9.17) is 5.84 Å². The van der Waals surface area contributed by atoms with Crippen molar-refractivity contribution in [1.82, 2.24) is 15.6 Å². The molecule has 2 rings (SSSR count). The molecule has 5 heteroatoms. The monoisotopic (exact) mass is 253 g/mol. The summed E-state index contributed by atoms with van der Waals surface area (Å²) in [5, 5.41) is 3.46. The van der Waals surface area contributed by atoms with Crippen molar-refractivity contribution in [2.24, 2.45) is 10.8 Å². The highest BCUT2D eigenvalue weighted by atomic mass is 15.3. The van der Waals surface area contributed by atoms with Crippen LogP contribution in [0.3, 0.4) is 0 Å². The Morgan fingerprint density at radius 2 is 2.28 bits per heavy atom. The van der Waals surface area contributed by atoms with Gasteiger partial charge in [-0.05, 0) is 38.6 Å². The van der Waals surface area contributed by atoms with E-state index in [9.17, 15) is 0 Å². The number of aliphatic imine (C=N–C) groups is 1. The van der Waals surface area contributed by atoms with Crippen LogP contribution >= 0.6 is 0 Å². The Labute approximate surface area is 110 Å². The fraction of sp³-hybridized carbons (Fsp3) is 0.923. The van der Waals surface area contributed by atoms with Gasteiger partial charge in [0.2, 0.25) is 5.96 Å². The standard InChI is InChI=1S/C13H27N5/c1-2-3-7-15-13(17-14)16-11-6-9-18-8-4-5-12(18)10-11/h11-12H,2-10,14H2,1H3,(H2,15,16,17). The van der Waals surface area contributed by atoms with E-state index in [0.29, 0.717) is 6.04 Å². The third-order valence-electron chi connectivity index (χ3n) is 4.08. The van der Waals surface area contributed by atoms with Gasteiger partial charge in [-0.1, -0.05) is 13.3 Å². The average molecular weight is 253 g/mol. The molecule has 104 valence electrons. The van der Waals surface area contributed by atoms with Gasteiger partial charge in [0.15, 0.2) is 0 Å². The second-order valence-corrected chi connectivity index (χ2v) is 5.43. The first-order chi connectivity index (χ1) is 8.83. The number of unbranched alkanes of at least 4 members (excludes halogenated alkanes) is 1. The van der Waals surface area contributed by atoms with Crippen LogP contribution in [0.2, 0.25) is 0 Å². The normalized spacial score (nSPS) is 29.1. The molecule has 0 radical (unpaired) electrons. The van der Waals surface area contributed by atoms with Gasteiger partial charge in [-0.15, -0.1) is 0 Å². The van der Waals surface area contributed by atoms with Crippen molar-refractivity contribution in [3.05, 3.63) is 0 Å². The van der Waals surface area contributed by atoms with Crippen molar-refractivity contribution in [1.29, 1.82) is 0 Å². The molecule has 2 fully saturated rings. The van der Waals surface area contributed by atoms with Crippen molar-refractivity contribution in [3.63, 3.8) is 0 Å². The van der Waals surface area contributed by atoms with E-state index in [0.717, 1.165) is 25.0 Å². The smallest absolute Gasteiger partial charge is 0.205 e. The maximum absolute atomic E-state index is 5.53. The molecule has 0 spiro atoms. The van der Waals surface area contributed by atoms with Crippen molar-refractivity contribution < 1.29 is 0 Å². The van der Waals surface area contributed by atoms with Gasteiger partial charge >= 0.3 is 0 Å². The van der Waals surface area contributed by atoms with E-state index in [1.165, 1.54) is 45.2 Å². The van der Waals surface area contributed by atoms with Crippen LogP contribution < -0.4 is 16.6 Å². The summed E-state index contributed by atoms with van der Waals surface area (Å²) in [4.78, 5) is 7.09. The van der Waals surface area contributed by atoms with E-state index in [1.54, 1.807) is 0 Å². The van der Waals surface area contributed by atoms with Crippen molar-refractivity contribution in [2.45, 2.75) is 57.5 Å². The molecule has 18 heavy (non-hydrogen) atoms. The summed E-state index contributed by atoms with van der Waals surface area (Å²) in [6, 6.07) is 1.31. The predicted molar refractivity (Wildman–Crippen MR) is 75.3 cm³/mol. The number of hydrogen-bond acceptors (Lipinski definition) is 3. The Hall–Kier alpha value is -0.810. The van der Waals surface area contributed by atoms with Gasteiger partial charge in [0, 0.05) is 25.2 Å². The van der Waals surface area contributed by atoms with Crippen LogP contribution in [-0.2, 0) is 0 Å². The molecule has 0 aromatic rings.